The Kier molecular flexibility index (Phi) is 7.60. The smallest absolute Gasteiger partial charge is 0.264 e. The lowest BCUT2D eigenvalue weighted by Crippen LogP contribution is -2.41. The zero-order valence-corrected chi connectivity index (χ0v) is 20.0. The van der Waals surface area contributed by atoms with Crippen LogP contribution >= 0.6 is 0 Å². The number of likely N-dealkylation sites (N-methyl/N-ethyl adjacent to an activating group) is 1. The number of benzene rings is 3. The van der Waals surface area contributed by atoms with Crippen molar-refractivity contribution in [3.05, 3.63) is 83.9 Å². The summed E-state index contributed by atoms with van der Waals surface area (Å²) in [5.41, 5.74) is 2.11. The zero-order valence-electron chi connectivity index (χ0n) is 19.2. The third-order valence-electron chi connectivity index (χ3n) is 5.25. The SMILES string of the molecule is COc1cccc(N(CC(=O)N(C)Cc2ccccc2OC)S(=O)(=O)c2ccc(C)cc2)c1. The molecule has 0 heterocycles. The van der Waals surface area contributed by atoms with Crippen LogP contribution in [0, 0.1) is 6.92 Å². The molecular formula is C25H28N2O5S. The van der Waals surface area contributed by atoms with E-state index in [0.29, 0.717) is 17.2 Å². The van der Waals surface area contributed by atoms with Crippen LogP contribution in [0.25, 0.3) is 0 Å². The van der Waals surface area contributed by atoms with Gasteiger partial charge in [-0.3, -0.25) is 9.10 Å². The Balaban J connectivity index is 1.93. The minimum Gasteiger partial charge on any atom is -0.497 e. The minimum absolute atomic E-state index is 0.108. The molecule has 0 aromatic heterocycles. The Bertz CT molecular complexity index is 1210. The van der Waals surface area contributed by atoms with E-state index in [1.165, 1.54) is 12.0 Å². The van der Waals surface area contributed by atoms with Crippen LogP contribution in [0.5, 0.6) is 11.5 Å². The third kappa shape index (κ3) is 5.64. The van der Waals surface area contributed by atoms with E-state index in [-0.39, 0.29) is 23.9 Å². The number of carbonyl (C=O) groups is 1. The lowest BCUT2D eigenvalue weighted by molar-refractivity contribution is -0.128. The largest absolute Gasteiger partial charge is 0.497 e. The van der Waals surface area contributed by atoms with Gasteiger partial charge in [0, 0.05) is 25.2 Å². The van der Waals surface area contributed by atoms with E-state index in [0.717, 1.165) is 15.4 Å². The second kappa shape index (κ2) is 10.4. The minimum atomic E-state index is -4.00. The molecule has 174 valence electrons. The number of carbonyl (C=O) groups excluding carboxylic acids is 1. The van der Waals surface area contributed by atoms with Crippen LogP contribution in [0.2, 0.25) is 0 Å². The molecule has 3 aromatic rings. The first-order valence-electron chi connectivity index (χ1n) is 10.4. The molecule has 0 unspecified atom stereocenters. The summed E-state index contributed by atoms with van der Waals surface area (Å²) in [6, 6.07) is 20.6. The van der Waals surface area contributed by atoms with Gasteiger partial charge in [0.05, 0.1) is 24.8 Å². The van der Waals surface area contributed by atoms with Crippen LogP contribution in [0.1, 0.15) is 11.1 Å². The fraction of sp³-hybridized carbons (Fsp3) is 0.240. The highest BCUT2D eigenvalue weighted by Crippen LogP contribution is 2.27. The molecule has 0 aliphatic heterocycles. The third-order valence-corrected chi connectivity index (χ3v) is 7.04. The zero-order chi connectivity index (χ0) is 24.0. The molecule has 0 aliphatic rings. The Labute approximate surface area is 195 Å². The standard InChI is InChI=1S/C25H28N2O5S/c1-19-12-14-23(15-13-19)33(29,30)27(21-9-7-10-22(16-21)31-3)18-25(28)26(2)17-20-8-5-6-11-24(20)32-4/h5-16H,17-18H2,1-4H3. The summed E-state index contributed by atoms with van der Waals surface area (Å²) in [7, 11) is 0.704. The van der Waals surface area contributed by atoms with Crippen LogP contribution in [0.4, 0.5) is 5.69 Å². The van der Waals surface area contributed by atoms with Gasteiger partial charge in [0.2, 0.25) is 5.91 Å². The van der Waals surface area contributed by atoms with Gasteiger partial charge in [-0.1, -0.05) is 42.0 Å². The van der Waals surface area contributed by atoms with E-state index in [9.17, 15) is 13.2 Å². The van der Waals surface area contributed by atoms with Gasteiger partial charge in [0.15, 0.2) is 0 Å². The van der Waals surface area contributed by atoms with Crippen LogP contribution in [-0.2, 0) is 21.4 Å². The highest BCUT2D eigenvalue weighted by molar-refractivity contribution is 7.92. The molecule has 0 N–H and O–H groups in total. The van der Waals surface area contributed by atoms with Crippen LogP contribution in [0.15, 0.2) is 77.7 Å². The summed E-state index contributed by atoms with van der Waals surface area (Å²) in [5.74, 6) is 0.792. The maximum Gasteiger partial charge on any atom is 0.264 e. The number of amides is 1. The van der Waals surface area contributed by atoms with Crippen molar-refractivity contribution in [1.29, 1.82) is 0 Å². The normalized spacial score (nSPS) is 11.0. The van der Waals surface area contributed by atoms with Gasteiger partial charge in [0.1, 0.15) is 18.0 Å². The average molecular weight is 469 g/mol. The first kappa shape index (κ1) is 24.1. The van der Waals surface area contributed by atoms with E-state index in [2.05, 4.69) is 0 Å². The van der Waals surface area contributed by atoms with Crippen molar-refractivity contribution in [2.45, 2.75) is 18.4 Å². The lowest BCUT2D eigenvalue weighted by atomic mass is 10.2. The average Bonchev–Trinajstić information content (AvgIpc) is 2.82. The van der Waals surface area contributed by atoms with Gasteiger partial charge >= 0.3 is 0 Å². The summed E-state index contributed by atoms with van der Waals surface area (Å²) in [4.78, 5) is 14.8. The molecule has 0 fully saturated rings. The number of ether oxygens (including phenoxy) is 2. The Morgan fingerprint density at radius 3 is 2.27 bits per heavy atom. The van der Waals surface area contributed by atoms with Crippen LogP contribution in [-0.4, -0.2) is 47.0 Å². The van der Waals surface area contributed by atoms with Crippen molar-refractivity contribution in [2.75, 3.05) is 32.1 Å². The molecule has 8 heteroatoms. The molecule has 0 bridgehead atoms. The molecule has 0 atom stereocenters. The summed E-state index contributed by atoms with van der Waals surface area (Å²) in [5, 5.41) is 0. The molecule has 1 amide bonds. The fourth-order valence-corrected chi connectivity index (χ4v) is 4.74. The Morgan fingerprint density at radius 2 is 1.61 bits per heavy atom. The van der Waals surface area contributed by atoms with Gasteiger partial charge in [-0.2, -0.15) is 0 Å². The molecule has 3 aromatic carbocycles. The second-order valence-electron chi connectivity index (χ2n) is 7.59. The monoisotopic (exact) mass is 468 g/mol. The number of methoxy groups -OCH3 is 2. The molecule has 0 spiro atoms. The van der Waals surface area contributed by atoms with Crippen molar-refractivity contribution in [1.82, 2.24) is 4.90 Å². The number of hydrogen-bond donors (Lipinski definition) is 0. The van der Waals surface area contributed by atoms with Gasteiger partial charge in [-0.05, 0) is 37.3 Å². The van der Waals surface area contributed by atoms with Crippen molar-refractivity contribution >= 4 is 21.6 Å². The molecular weight excluding hydrogens is 440 g/mol. The van der Waals surface area contributed by atoms with Gasteiger partial charge < -0.3 is 14.4 Å². The highest BCUT2D eigenvalue weighted by Gasteiger charge is 2.28. The van der Waals surface area contributed by atoms with Crippen molar-refractivity contribution in [2.24, 2.45) is 0 Å². The molecule has 7 nitrogen and oxygen atoms in total. The van der Waals surface area contributed by atoms with Crippen LogP contribution in [0.3, 0.4) is 0 Å². The number of rotatable bonds is 9. The number of sulfonamides is 1. The summed E-state index contributed by atoms with van der Waals surface area (Å²) in [6.07, 6.45) is 0. The van der Waals surface area contributed by atoms with Gasteiger partial charge in [-0.15, -0.1) is 0 Å². The summed E-state index contributed by atoms with van der Waals surface area (Å²) in [6.45, 7) is 1.79. The summed E-state index contributed by atoms with van der Waals surface area (Å²) < 4.78 is 38.9. The molecule has 0 saturated carbocycles. The molecule has 33 heavy (non-hydrogen) atoms. The Morgan fingerprint density at radius 1 is 0.909 bits per heavy atom. The predicted molar refractivity (Wildman–Crippen MR) is 128 cm³/mol. The number of hydrogen-bond acceptors (Lipinski definition) is 5. The molecule has 0 aliphatic carbocycles. The molecule has 0 radical (unpaired) electrons. The van der Waals surface area contributed by atoms with Gasteiger partial charge in [-0.25, -0.2) is 8.42 Å². The first-order chi connectivity index (χ1) is 15.8. The quantitative estimate of drug-likeness (QED) is 0.477. The van der Waals surface area contributed by atoms with Gasteiger partial charge in [0.25, 0.3) is 10.0 Å². The lowest BCUT2D eigenvalue weighted by Gasteiger charge is -2.27. The van der Waals surface area contributed by atoms with Crippen molar-refractivity contribution in [3.63, 3.8) is 0 Å². The van der Waals surface area contributed by atoms with Crippen molar-refractivity contribution < 1.29 is 22.7 Å². The maximum atomic E-state index is 13.6. The van der Waals surface area contributed by atoms with E-state index >= 15 is 0 Å². The van der Waals surface area contributed by atoms with Crippen LogP contribution < -0.4 is 13.8 Å². The van der Waals surface area contributed by atoms with E-state index < -0.39 is 10.0 Å². The van der Waals surface area contributed by atoms with E-state index in [4.69, 9.17) is 9.47 Å². The number of aryl methyl sites for hydroxylation is 1. The predicted octanol–water partition coefficient (Wildman–Crippen LogP) is 3.87. The fourth-order valence-electron chi connectivity index (χ4n) is 3.34. The first-order valence-corrected chi connectivity index (χ1v) is 11.8. The topological polar surface area (TPSA) is 76.2 Å². The van der Waals surface area contributed by atoms with Crippen molar-refractivity contribution in [3.8, 4) is 11.5 Å². The maximum absolute atomic E-state index is 13.6. The second-order valence-corrected chi connectivity index (χ2v) is 9.45. The Hall–Kier alpha value is -3.52. The highest BCUT2D eigenvalue weighted by atomic mass is 32.2. The number of para-hydroxylation sites is 1. The van der Waals surface area contributed by atoms with E-state index in [1.807, 2.05) is 31.2 Å². The van der Waals surface area contributed by atoms with E-state index in [1.54, 1.807) is 62.7 Å². The number of anilines is 1. The molecule has 3 rings (SSSR count). The number of nitrogens with zero attached hydrogens (tertiary/aromatic N) is 2. The molecule has 0 saturated heterocycles. The summed E-state index contributed by atoms with van der Waals surface area (Å²) >= 11 is 0.